The van der Waals surface area contributed by atoms with Crippen LogP contribution in [0, 0.1) is 5.82 Å². The van der Waals surface area contributed by atoms with Crippen LogP contribution >= 0.6 is 0 Å². The number of esters is 1. The van der Waals surface area contributed by atoms with E-state index in [1.165, 1.54) is 7.05 Å². The molecule has 0 saturated carbocycles. The molecule has 150 valence electrons. The molecule has 0 saturated heterocycles. The average molecular weight is 403 g/mol. The van der Waals surface area contributed by atoms with Crippen molar-refractivity contribution >= 4 is 27.8 Å². The van der Waals surface area contributed by atoms with Crippen molar-refractivity contribution in [2.24, 2.45) is 0 Å². The number of nitrogens with zero attached hydrogens (tertiary/aromatic N) is 1. The smallest absolute Gasteiger partial charge is 0.321 e. The predicted octanol–water partition coefficient (Wildman–Crippen LogP) is -0.368. The van der Waals surface area contributed by atoms with Crippen molar-refractivity contribution < 1.29 is 31.9 Å². The average Bonchev–Trinajstić information content (AvgIpc) is 2.63. The number of rotatable bonds is 10. The first kappa shape index (κ1) is 22.5. The van der Waals surface area contributed by atoms with E-state index in [2.05, 4.69) is 10.1 Å². The molecule has 0 aliphatic heterocycles. The fourth-order valence-electron chi connectivity index (χ4n) is 1.78. The third kappa shape index (κ3) is 8.13. The normalized spacial score (nSPS) is 10.9. The highest BCUT2D eigenvalue weighted by molar-refractivity contribution is 7.89. The number of sulfonamides is 1. The summed E-state index contributed by atoms with van der Waals surface area (Å²) in [6.45, 7) is 0.860. The molecule has 2 amide bonds. The molecule has 1 rings (SSSR count). The van der Waals surface area contributed by atoms with Gasteiger partial charge in [-0.05, 0) is 30.7 Å². The lowest BCUT2D eigenvalue weighted by atomic mass is 10.4. The summed E-state index contributed by atoms with van der Waals surface area (Å²) in [5, 5.41) is 2.60. The van der Waals surface area contributed by atoms with E-state index in [0.29, 0.717) is 6.54 Å². The van der Waals surface area contributed by atoms with Gasteiger partial charge in [-0.15, -0.1) is 0 Å². The topological polar surface area (TPSA) is 122 Å². The number of carbonyl (C=O) groups is 3. The largest absolute Gasteiger partial charge is 0.455 e. The van der Waals surface area contributed by atoms with Crippen LogP contribution in [0.15, 0.2) is 29.2 Å². The molecule has 0 bridgehead atoms. The Morgan fingerprint density at radius 3 is 2.41 bits per heavy atom. The zero-order valence-corrected chi connectivity index (χ0v) is 15.8. The minimum Gasteiger partial charge on any atom is -0.455 e. The Kier molecular flexibility index (Phi) is 8.82. The van der Waals surface area contributed by atoms with Gasteiger partial charge < -0.3 is 15.0 Å². The number of ether oxygens (including phenoxy) is 1. The van der Waals surface area contributed by atoms with Gasteiger partial charge in [-0.1, -0.05) is 6.92 Å². The molecule has 0 spiro atoms. The SMILES string of the molecule is CCCNC(=O)CN(C)C(=O)COC(=O)CNS(=O)(=O)c1ccc(F)cc1. The van der Waals surface area contributed by atoms with E-state index < -0.39 is 40.9 Å². The second-order valence-electron chi connectivity index (χ2n) is 5.54. The Bertz CT molecular complexity index is 767. The molecule has 1 aromatic rings. The Labute approximate surface area is 156 Å². The zero-order valence-electron chi connectivity index (χ0n) is 15.0. The van der Waals surface area contributed by atoms with E-state index >= 15 is 0 Å². The molecule has 0 aliphatic rings. The van der Waals surface area contributed by atoms with Crippen molar-refractivity contribution in [3.05, 3.63) is 30.1 Å². The van der Waals surface area contributed by atoms with E-state index in [9.17, 15) is 27.2 Å². The van der Waals surface area contributed by atoms with Crippen LogP contribution in [0.1, 0.15) is 13.3 Å². The standard InChI is InChI=1S/C16H22FN3O6S/c1-3-8-18-14(21)10-20(2)15(22)11-26-16(23)9-19-27(24,25)13-6-4-12(17)5-7-13/h4-7,19H,3,8-11H2,1-2H3,(H,18,21). The maximum Gasteiger partial charge on any atom is 0.321 e. The van der Waals surface area contributed by atoms with Crippen molar-refractivity contribution in [1.82, 2.24) is 14.9 Å². The van der Waals surface area contributed by atoms with Crippen molar-refractivity contribution in [3.8, 4) is 0 Å². The quantitative estimate of drug-likeness (QED) is 0.514. The number of amides is 2. The number of nitrogens with one attached hydrogen (secondary N) is 2. The van der Waals surface area contributed by atoms with E-state index in [-0.39, 0.29) is 17.3 Å². The summed E-state index contributed by atoms with van der Waals surface area (Å²) in [6, 6.07) is 4.03. The third-order valence-corrected chi connectivity index (χ3v) is 4.68. The van der Waals surface area contributed by atoms with E-state index in [0.717, 1.165) is 35.6 Å². The third-order valence-electron chi connectivity index (χ3n) is 3.27. The lowest BCUT2D eigenvalue weighted by molar-refractivity contribution is -0.151. The van der Waals surface area contributed by atoms with Gasteiger partial charge in [-0.2, -0.15) is 4.72 Å². The van der Waals surface area contributed by atoms with Crippen LogP contribution in [0.2, 0.25) is 0 Å². The molecule has 9 nitrogen and oxygen atoms in total. The van der Waals surface area contributed by atoms with Crippen LogP contribution in [0.25, 0.3) is 0 Å². The molecule has 0 aliphatic carbocycles. The highest BCUT2D eigenvalue weighted by Crippen LogP contribution is 2.09. The lowest BCUT2D eigenvalue weighted by Crippen LogP contribution is -2.40. The first-order chi connectivity index (χ1) is 12.7. The fraction of sp³-hybridized carbons (Fsp3) is 0.438. The molecular weight excluding hydrogens is 381 g/mol. The van der Waals surface area contributed by atoms with E-state index in [1.807, 2.05) is 11.6 Å². The van der Waals surface area contributed by atoms with Crippen LogP contribution in [0.3, 0.4) is 0 Å². The summed E-state index contributed by atoms with van der Waals surface area (Å²) in [7, 11) is -2.64. The Morgan fingerprint density at radius 1 is 1.19 bits per heavy atom. The van der Waals surface area contributed by atoms with Crippen LogP contribution in [0.5, 0.6) is 0 Å². The highest BCUT2D eigenvalue weighted by Gasteiger charge is 2.18. The minimum absolute atomic E-state index is 0.187. The van der Waals surface area contributed by atoms with Crippen LogP contribution in [-0.2, 0) is 29.1 Å². The molecule has 2 N–H and O–H groups in total. The summed E-state index contributed by atoms with van der Waals surface area (Å²) in [6.07, 6.45) is 0.759. The molecular formula is C16H22FN3O6S. The van der Waals surface area contributed by atoms with Gasteiger partial charge in [0.2, 0.25) is 15.9 Å². The number of halogens is 1. The molecule has 0 atom stereocenters. The molecule has 27 heavy (non-hydrogen) atoms. The zero-order chi connectivity index (χ0) is 20.4. The molecule has 0 unspecified atom stereocenters. The molecule has 0 aromatic heterocycles. The van der Waals surface area contributed by atoms with Gasteiger partial charge in [-0.25, -0.2) is 12.8 Å². The monoisotopic (exact) mass is 403 g/mol. The number of hydrogen-bond acceptors (Lipinski definition) is 6. The number of carbonyl (C=O) groups excluding carboxylic acids is 3. The van der Waals surface area contributed by atoms with Crippen molar-refractivity contribution in [2.75, 3.05) is 33.3 Å². The fourth-order valence-corrected chi connectivity index (χ4v) is 2.75. The Balaban J connectivity index is 2.40. The maximum atomic E-state index is 12.8. The molecule has 0 radical (unpaired) electrons. The summed E-state index contributed by atoms with van der Waals surface area (Å²) in [4.78, 5) is 35.8. The summed E-state index contributed by atoms with van der Waals surface area (Å²) in [5.41, 5.74) is 0. The number of hydrogen-bond donors (Lipinski definition) is 2. The van der Waals surface area contributed by atoms with E-state index in [4.69, 9.17) is 0 Å². The van der Waals surface area contributed by atoms with Gasteiger partial charge in [-0.3, -0.25) is 14.4 Å². The van der Waals surface area contributed by atoms with Gasteiger partial charge in [0.15, 0.2) is 6.61 Å². The molecule has 0 fully saturated rings. The number of likely N-dealkylation sites (N-methyl/N-ethyl adjacent to an activating group) is 1. The molecule has 11 heteroatoms. The van der Waals surface area contributed by atoms with Crippen LogP contribution in [-0.4, -0.2) is 64.4 Å². The summed E-state index contributed by atoms with van der Waals surface area (Å²) >= 11 is 0. The Morgan fingerprint density at radius 2 is 1.81 bits per heavy atom. The second kappa shape index (κ2) is 10.6. The highest BCUT2D eigenvalue weighted by atomic mass is 32.2. The maximum absolute atomic E-state index is 12.8. The first-order valence-corrected chi connectivity index (χ1v) is 9.55. The van der Waals surface area contributed by atoms with Crippen LogP contribution < -0.4 is 10.0 Å². The van der Waals surface area contributed by atoms with Crippen LogP contribution in [0.4, 0.5) is 4.39 Å². The van der Waals surface area contributed by atoms with Gasteiger partial charge in [0, 0.05) is 13.6 Å². The lowest BCUT2D eigenvalue weighted by Gasteiger charge is -2.16. The van der Waals surface area contributed by atoms with Gasteiger partial charge >= 0.3 is 5.97 Å². The molecule has 1 aromatic carbocycles. The first-order valence-electron chi connectivity index (χ1n) is 8.07. The van der Waals surface area contributed by atoms with E-state index in [1.54, 1.807) is 0 Å². The van der Waals surface area contributed by atoms with Gasteiger partial charge in [0.25, 0.3) is 5.91 Å². The summed E-state index contributed by atoms with van der Waals surface area (Å²) < 4.78 is 43.4. The van der Waals surface area contributed by atoms with Gasteiger partial charge in [0.05, 0.1) is 11.4 Å². The van der Waals surface area contributed by atoms with Gasteiger partial charge in [0.1, 0.15) is 12.4 Å². The molecule has 0 heterocycles. The predicted molar refractivity (Wildman–Crippen MR) is 93.5 cm³/mol. The number of benzene rings is 1. The van der Waals surface area contributed by atoms with Crippen molar-refractivity contribution in [3.63, 3.8) is 0 Å². The second-order valence-corrected chi connectivity index (χ2v) is 7.31. The van der Waals surface area contributed by atoms with Crippen molar-refractivity contribution in [2.45, 2.75) is 18.2 Å². The summed E-state index contributed by atoms with van der Waals surface area (Å²) in [5.74, 6) is -2.53. The minimum atomic E-state index is -4.02. The Hall–Kier alpha value is -2.53. The van der Waals surface area contributed by atoms with Crippen molar-refractivity contribution in [1.29, 1.82) is 0 Å².